The Kier molecular flexibility index (Phi) is 3.33. The van der Waals surface area contributed by atoms with Crippen molar-refractivity contribution < 1.29 is 13.9 Å². The fourth-order valence-corrected chi connectivity index (χ4v) is 2.81. The Morgan fingerprint density at radius 1 is 1.22 bits per heavy atom. The van der Waals surface area contributed by atoms with Crippen LogP contribution in [0.25, 0.3) is 0 Å². The van der Waals surface area contributed by atoms with Gasteiger partial charge in [-0.05, 0) is 19.0 Å². The van der Waals surface area contributed by atoms with Crippen LogP contribution in [0.3, 0.4) is 0 Å². The molecule has 0 aliphatic carbocycles. The molecule has 2 heterocycles. The van der Waals surface area contributed by atoms with E-state index in [-0.39, 0.29) is 5.82 Å². The van der Waals surface area contributed by atoms with Crippen molar-refractivity contribution in [2.45, 2.75) is 25.2 Å². The standard InChI is InChI=1S/C14H18FNO2/c15-13-5-2-1-4-12(13)10-16-7-3-6-14(11-16)17-8-9-18-14/h1-2,4-5H,3,6-11H2. The number of hydrogen-bond donors (Lipinski definition) is 0. The van der Waals surface area contributed by atoms with Crippen LogP contribution in [0.4, 0.5) is 4.39 Å². The Morgan fingerprint density at radius 2 is 2.00 bits per heavy atom. The lowest BCUT2D eigenvalue weighted by Crippen LogP contribution is -2.48. The number of hydrogen-bond acceptors (Lipinski definition) is 3. The monoisotopic (exact) mass is 251 g/mol. The van der Waals surface area contributed by atoms with Gasteiger partial charge in [0.05, 0.1) is 19.8 Å². The molecular formula is C14H18FNO2. The van der Waals surface area contributed by atoms with Crippen molar-refractivity contribution in [3.63, 3.8) is 0 Å². The Balaban J connectivity index is 1.68. The number of ether oxygens (including phenoxy) is 2. The minimum absolute atomic E-state index is 0.134. The zero-order chi connectivity index (χ0) is 12.4. The van der Waals surface area contributed by atoms with Crippen LogP contribution in [-0.2, 0) is 16.0 Å². The van der Waals surface area contributed by atoms with Crippen molar-refractivity contribution in [1.29, 1.82) is 0 Å². The third kappa shape index (κ3) is 2.41. The van der Waals surface area contributed by atoms with Gasteiger partial charge in [0.1, 0.15) is 5.82 Å². The maximum Gasteiger partial charge on any atom is 0.181 e. The van der Waals surface area contributed by atoms with Gasteiger partial charge < -0.3 is 9.47 Å². The summed E-state index contributed by atoms with van der Waals surface area (Å²) in [7, 11) is 0. The summed E-state index contributed by atoms with van der Waals surface area (Å²) in [6.45, 7) is 3.69. The van der Waals surface area contributed by atoms with Crippen molar-refractivity contribution in [3.05, 3.63) is 35.6 Å². The summed E-state index contributed by atoms with van der Waals surface area (Å²) in [6, 6.07) is 6.95. The van der Waals surface area contributed by atoms with Gasteiger partial charge in [-0.2, -0.15) is 0 Å². The van der Waals surface area contributed by atoms with Crippen LogP contribution in [0.2, 0.25) is 0 Å². The van der Waals surface area contributed by atoms with Crippen molar-refractivity contribution in [2.24, 2.45) is 0 Å². The predicted octanol–water partition coefficient (Wildman–Crippen LogP) is 2.16. The fraction of sp³-hybridized carbons (Fsp3) is 0.571. The quantitative estimate of drug-likeness (QED) is 0.804. The Bertz CT molecular complexity index is 418. The number of piperidine rings is 1. The molecule has 0 N–H and O–H groups in total. The zero-order valence-electron chi connectivity index (χ0n) is 10.4. The summed E-state index contributed by atoms with van der Waals surface area (Å²) >= 11 is 0. The van der Waals surface area contributed by atoms with E-state index in [0.717, 1.165) is 31.5 Å². The summed E-state index contributed by atoms with van der Waals surface area (Å²) in [5, 5.41) is 0. The lowest BCUT2D eigenvalue weighted by atomic mass is 10.0. The summed E-state index contributed by atoms with van der Waals surface area (Å²) in [5.41, 5.74) is 0.743. The molecule has 2 aliphatic heterocycles. The fourth-order valence-electron chi connectivity index (χ4n) is 2.81. The number of nitrogens with zero attached hydrogens (tertiary/aromatic N) is 1. The molecule has 0 aromatic heterocycles. The molecule has 0 amide bonds. The number of likely N-dealkylation sites (tertiary alicyclic amines) is 1. The van der Waals surface area contributed by atoms with Crippen molar-refractivity contribution in [1.82, 2.24) is 4.90 Å². The smallest absolute Gasteiger partial charge is 0.181 e. The highest BCUT2D eigenvalue weighted by Gasteiger charge is 2.40. The third-order valence-electron chi connectivity index (χ3n) is 3.66. The molecule has 1 aromatic rings. The normalized spacial score (nSPS) is 23.6. The van der Waals surface area contributed by atoms with Gasteiger partial charge in [0.15, 0.2) is 5.79 Å². The topological polar surface area (TPSA) is 21.7 Å². The Hall–Kier alpha value is -0.970. The maximum absolute atomic E-state index is 13.6. The zero-order valence-corrected chi connectivity index (χ0v) is 10.4. The third-order valence-corrected chi connectivity index (χ3v) is 3.66. The van der Waals surface area contributed by atoms with E-state index < -0.39 is 5.79 Å². The molecule has 4 heteroatoms. The first-order valence-corrected chi connectivity index (χ1v) is 6.51. The first-order valence-electron chi connectivity index (χ1n) is 6.51. The van der Waals surface area contributed by atoms with Gasteiger partial charge in [0.2, 0.25) is 0 Å². The van der Waals surface area contributed by atoms with Crippen LogP contribution in [0.1, 0.15) is 18.4 Å². The van der Waals surface area contributed by atoms with Crippen molar-refractivity contribution >= 4 is 0 Å². The van der Waals surface area contributed by atoms with E-state index in [4.69, 9.17) is 9.47 Å². The Labute approximate surface area is 106 Å². The van der Waals surface area contributed by atoms with E-state index in [0.29, 0.717) is 19.8 Å². The van der Waals surface area contributed by atoms with Gasteiger partial charge in [-0.25, -0.2) is 4.39 Å². The highest BCUT2D eigenvalue weighted by Crippen LogP contribution is 2.30. The molecular weight excluding hydrogens is 233 g/mol. The molecule has 1 aromatic carbocycles. The molecule has 1 spiro atoms. The van der Waals surface area contributed by atoms with Gasteiger partial charge >= 0.3 is 0 Å². The number of rotatable bonds is 2. The van der Waals surface area contributed by atoms with Crippen LogP contribution < -0.4 is 0 Å². The molecule has 3 nitrogen and oxygen atoms in total. The van der Waals surface area contributed by atoms with Crippen LogP contribution in [-0.4, -0.2) is 37.0 Å². The second-order valence-corrected chi connectivity index (χ2v) is 5.01. The van der Waals surface area contributed by atoms with E-state index >= 15 is 0 Å². The molecule has 98 valence electrons. The first-order chi connectivity index (χ1) is 8.77. The van der Waals surface area contributed by atoms with Gasteiger partial charge in [-0.15, -0.1) is 0 Å². The minimum Gasteiger partial charge on any atom is -0.346 e. The van der Waals surface area contributed by atoms with Crippen LogP contribution in [0, 0.1) is 5.82 Å². The molecule has 2 saturated heterocycles. The Morgan fingerprint density at radius 3 is 2.78 bits per heavy atom. The van der Waals surface area contributed by atoms with E-state index in [1.54, 1.807) is 6.07 Å². The van der Waals surface area contributed by atoms with E-state index in [9.17, 15) is 4.39 Å². The average molecular weight is 251 g/mol. The molecule has 0 saturated carbocycles. The highest BCUT2D eigenvalue weighted by atomic mass is 19.1. The van der Waals surface area contributed by atoms with Crippen LogP contribution in [0.15, 0.2) is 24.3 Å². The molecule has 0 unspecified atom stereocenters. The molecule has 3 rings (SSSR count). The summed E-state index contributed by atoms with van der Waals surface area (Å²) in [5.74, 6) is -0.561. The molecule has 2 fully saturated rings. The second kappa shape index (κ2) is 4.96. The minimum atomic E-state index is -0.427. The molecule has 0 bridgehead atoms. The summed E-state index contributed by atoms with van der Waals surface area (Å²) in [6.07, 6.45) is 1.98. The van der Waals surface area contributed by atoms with Gasteiger partial charge in [-0.1, -0.05) is 18.2 Å². The van der Waals surface area contributed by atoms with E-state index in [1.807, 2.05) is 12.1 Å². The maximum atomic E-state index is 13.6. The SMILES string of the molecule is Fc1ccccc1CN1CCCC2(C1)OCCO2. The first kappa shape index (κ1) is 12.1. The van der Waals surface area contributed by atoms with E-state index in [1.165, 1.54) is 6.07 Å². The van der Waals surface area contributed by atoms with E-state index in [2.05, 4.69) is 4.90 Å². The molecule has 18 heavy (non-hydrogen) atoms. The van der Waals surface area contributed by atoms with Gasteiger partial charge in [0, 0.05) is 18.5 Å². The summed E-state index contributed by atoms with van der Waals surface area (Å²) < 4.78 is 25.1. The van der Waals surface area contributed by atoms with Crippen molar-refractivity contribution in [3.8, 4) is 0 Å². The van der Waals surface area contributed by atoms with Crippen LogP contribution >= 0.6 is 0 Å². The predicted molar refractivity (Wildman–Crippen MR) is 65.5 cm³/mol. The number of benzene rings is 1. The lowest BCUT2D eigenvalue weighted by Gasteiger charge is -2.38. The van der Waals surface area contributed by atoms with Crippen LogP contribution in [0.5, 0.6) is 0 Å². The highest BCUT2D eigenvalue weighted by molar-refractivity contribution is 5.17. The molecule has 2 aliphatic rings. The second-order valence-electron chi connectivity index (χ2n) is 5.01. The summed E-state index contributed by atoms with van der Waals surface area (Å²) in [4.78, 5) is 2.22. The largest absolute Gasteiger partial charge is 0.346 e. The lowest BCUT2D eigenvalue weighted by molar-refractivity contribution is -0.190. The number of halogens is 1. The average Bonchev–Trinajstić information content (AvgIpc) is 2.80. The van der Waals surface area contributed by atoms with Gasteiger partial charge in [0.25, 0.3) is 0 Å². The van der Waals surface area contributed by atoms with Crippen molar-refractivity contribution in [2.75, 3.05) is 26.3 Å². The van der Waals surface area contributed by atoms with Gasteiger partial charge in [-0.3, -0.25) is 4.90 Å². The molecule has 0 radical (unpaired) electrons. The molecule has 0 atom stereocenters.